The molecule has 12 heavy (non-hydrogen) atoms. The number of rotatable bonds is 2. The van der Waals surface area contributed by atoms with Crippen molar-refractivity contribution in [1.29, 1.82) is 0 Å². The van der Waals surface area contributed by atoms with Crippen LogP contribution in [0.25, 0.3) is 0 Å². The molecule has 0 unspecified atom stereocenters. The van der Waals surface area contributed by atoms with Gasteiger partial charge < -0.3 is 9.47 Å². The monoisotopic (exact) mass is 174 g/mol. The number of hydrogen-bond donors (Lipinski definition) is 0. The van der Waals surface area contributed by atoms with Crippen LogP contribution in [-0.2, 0) is 9.47 Å². The molecule has 0 N–H and O–H groups in total. The molecule has 0 aliphatic carbocycles. The molecule has 0 radical (unpaired) electrons. The Labute approximate surface area is 74.4 Å². The van der Waals surface area contributed by atoms with Crippen LogP contribution in [0.1, 0.15) is 27.7 Å². The predicted molar refractivity (Wildman–Crippen MR) is 49.1 cm³/mol. The molecule has 0 saturated heterocycles. The maximum atomic E-state index is 10.6. The second-order valence-corrected chi connectivity index (χ2v) is 2.58. The van der Waals surface area contributed by atoms with Crippen molar-refractivity contribution in [2.24, 2.45) is 0 Å². The Bertz CT molecular complexity index is 107. The predicted octanol–water partition coefficient (Wildman–Crippen LogP) is 2.76. The summed E-state index contributed by atoms with van der Waals surface area (Å²) in [6.45, 7) is 13.1. The Kier molecular flexibility index (Phi) is 9.18. The molecule has 0 aliphatic rings. The van der Waals surface area contributed by atoms with Crippen LogP contribution in [0.4, 0.5) is 4.79 Å². The topological polar surface area (TPSA) is 35.5 Å². The van der Waals surface area contributed by atoms with Crippen LogP contribution in [0, 0.1) is 0 Å². The number of carbonyl (C=O) groups is 1. The fraction of sp³-hybridized carbons (Fsp3) is 0.667. The van der Waals surface area contributed by atoms with Gasteiger partial charge in [0.25, 0.3) is 0 Å². The molecule has 3 heteroatoms. The molecule has 0 aliphatic heterocycles. The average Bonchev–Trinajstić information content (AvgIpc) is 1.87. The molecule has 0 bridgehead atoms. The van der Waals surface area contributed by atoms with Crippen LogP contribution >= 0.6 is 0 Å². The van der Waals surface area contributed by atoms with Gasteiger partial charge in [-0.3, -0.25) is 0 Å². The molecule has 72 valence electrons. The van der Waals surface area contributed by atoms with Gasteiger partial charge in [0.1, 0.15) is 0 Å². The minimum atomic E-state index is -0.593. The van der Waals surface area contributed by atoms with Gasteiger partial charge in [-0.05, 0) is 27.7 Å². The van der Waals surface area contributed by atoms with E-state index in [2.05, 4.69) is 13.2 Å². The highest BCUT2D eigenvalue weighted by Crippen LogP contribution is 1.95. The fourth-order valence-electron chi connectivity index (χ4n) is 0.413. The zero-order valence-electron chi connectivity index (χ0n) is 8.29. The summed E-state index contributed by atoms with van der Waals surface area (Å²) in [5, 5.41) is 0. The third-order valence-corrected chi connectivity index (χ3v) is 0.664. The Balaban J connectivity index is 0. The Hall–Kier alpha value is -0.990. The third-order valence-electron chi connectivity index (χ3n) is 0.664. The minimum absolute atomic E-state index is 0.105. The van der Waals surface area contributed by atoms with E-state index in [1.807, 2.05) is 0 Å². The lowest BCUT2D eigenvalue weighted by atomic mass is 10.5. The van der Waals surface area contributed by atoms with Gasteiger partial charge in [-0.15, -0.1) is 13.2 Å². The van der Waals surface area contributed by atoms with Crippen LogP contribution in [0.5, 0.6) is 0 Å². The molecule has 0 spiro atoms. The summed E-state index contributed by atoms with van der Waals surface area (Å²) >= 11 is 0. The molecule has 0 aromatic heterocycles. The van der Waals surface area contributed by atoms with E-state index in [0.717, 1.165) is 0 Å². The Morgan fingerprint density at radius 3 is 1.42 bits per heavy atom. The van der Waals surface area contributed by atoms with Gasteiger partial charge in [-0.1, -0.05) is 0 Å². The largest absolute Gasteiger partial charge is 0.508 e. The van der Waals surface area contributed by atoms with Gasteiger partial charge in [0.2, 0.25) is 0 Å². The van der Waals surface area contributed by atoms with E-state index in [1.54, 1.807) is 27.7 Å². The first-order valence-electron chi connectivity index (χ1n) is 3.89. The Morgan fingerprint density at radius 2 is 1.25 bits per heavy atom. The van der Waals surface area contributed by atoms with Crippen LogP contribution in [0.3, 0.4) is 0 Å². The van der Waals surface area contributed by atoms with Gasteiger partial charge in [0.05, 0.1) is 12.2 Å². The van der Waals surface area contributed by atoms with Crippen molar-refractivity contribution in [1.82, 2.24) is 0 Å². The van der Waals surface area contributed by atoms with Crippen LogP contribution in [-0.4, -0.2) is 18.4 Å². The molecule has 0 atom stereocenters. The van der Waals surface area contributed by atoms with Gasteiger partial charge in [-0.25, -0.2) is 4.79 Å². The molecule has 0 rings (SSSR count). The lowest BCUT2D eigenvalue weighted by molar-refractivity contribution is 0.0167. The quantitative estimate of drug-likeness (QED) is 0.477. The number of hydrogen-bond acceptors (Lipinski definition) is 3. The molecule has 3 nitrogen and oxygen atoms in total. The molecule has 0 heterocycles. The van der Waals surface area contributed by atoms with E-state index < -0.39 is 6.16 Å². The zero-order chi connectivity index (χ0) is 10.1. The van der Waals surface area contributed by atoms with Crippen molar-refractivity contribution in [3.63, 3.8) is 0 Å². The molecule has 0 aromatic rings. The zero-order valence-corrected chi connectivity index (χ0v) is 8.29. The summed E-state index contributed by atoms with van der Waals surface area (Å²) in [5.74, 6) is 0. The highest BCUT2D eigenvalue weighted by Gasteiger charge is 2.07. The van der Waals surface area contributed by atoms with E-state index in [0.29, 0.717) is 0 Å². The summed E-state index contributed by atoms with van der Waals surface area (Å²) < 4.78 is 9.40. The summed E-state index contributed by atoms with van der Waals surface area (Å²) in [5.41, 5.74) is 0. The average molecular weight is 174 g/mol. The Morgan fingerprint density at radius 1 is 1.00 bits per heavy atom. The van der Waals surface area contributed by atoms with Crippen LogP contribution in [0.2, 0.25) is 0 Å². The fourth-order valence-corrected chi connectivity index (χ4v) is 0.413. The maximum absolute atomic E-state index is 10.6. The minimum Gasteiger partial charge on any atom is -0.432 e. The smallest absolute Gasteiger partial charge is 0.432 e. The summed E-state index contributed by atoms with van der Waals surface area (Å²) in [7, 11) is 0. The lowest BCUT2D eigenvalue weighted by Gasteiger charge is -2.10. The maximum Gasteiger partial charge on any atom is 0.508 e. The highest BCUT2D eigenvalue weighted by atomic mass is 16.7. The van der Waals surface area contributed by atoms with E-state index >= 15 is 0 Å². The highest BCUT2D eigenvalue weighted by molar-refractivity contribution is 5.60. The standard InChI is InChI=1S/C7H14O3.C2H4/c1-5(2)9-7(8)10-6(3)4;1-2/h5-6H,1-4H3;1-2H2. The van der Waals surface area contributed by atoms with E-state index in [1.165, 1.54) is 0 Å². The molecule has 0 aromatic carbocycles. The van der Waals surface area contributed by atoms with Crippen molar-refractivity contribution in [2.75, 3.05) is 0 Å². The molecule has 0 fully saturated rings. The van der Waals surface area contributed by atoms with Crippen molar-refractivity contribution in [2.45, 2.75) is 39.9 Å². The van der Waals surface area contributed by atoms with Gasteiger partial charge >= 0.3 is 6.16 Å². The first-order chi connectivity index (χ1) is 5.52. The van der Waals surface area contributed by atoms with Crippen LogP contribution < -0.4 is 0 Å². The molecular formula is C9H18O3. The summed E-state index contributed by atoms with van der Waals surface area (Å²) in [6, 6.07) is 0. The first kappa shape index (κ1) is 13.6. The first-order valence-corrected chi connectivity index (χ1v) is 3.89. The van der Waals surface area contributed by atoms with Crippen molar-refractivity contribution >= 4 is 6.16 Å². The van der Waals surface area contributed by atoms with Crippen molar-refractivity contribution in [3.05, 3.63) is 13.2 Å². The molecular weight excluding hydrogens is 156 g/mol. The van der Waals surface area contributed by atoms with E-state index in [4.69, 9.17) is 9.47 Å². The second-order valence-electron chi connectivity index (χ2n) is 2.58. The van der Waals surface area contributed by atoms with E-state index in [9.17, 15) is 4.79 Å². The van der Waals surface area contributed by atoms with Crippen molar-refractivity contribution in [3.8, 4) is 0 Å². The van der Waals surface area contributed by atoms with Gasteiger partial charge in [0.15, 0.2) is 0 Å². The van der Waals surface area contributed by atoms with Crippen molar-refractivity contribution < 1.29 is 14.3 Å². The third kappa shape index (κ3) is 11.8. The molecule has 0 saturated carbocycles. The number of carbonyl (C=O) groups excluding carboxylic acids is 1. The van der Waals surface area contributed by atoms with Gasteiger partial charge in [0, 0.05) is 0 Å². The summed E-state index contributed by atoms with van der Waals surface area (Å²) in [6.07, 6.45) is -0.803. The van der Waals surface area contributed by atoms with Gasteiger partial charge in [-0.2, -0.15) is 0 Å². The van der Waals surface area contributed by atoms with E-state index in [-0.39, 0.29) is 12.2 Å². The van der Waals surface area contributed by atoms with Crippen LogP contribution in [0.15, 0.2) is 13.2 Å². The normalized spacial score (nSPS) is 8.83. The second kappa shape index (κ2) is 8.11. The molecule has 0 amide bonds. The lowest BCUT2D eigenvalue weighted by Crippen LogP contribution is -2.16. The number of ether oxygens (including phenoxy) is 2. The summed E-state index contributed by atoms with van der Waals surface area (Å²) in [4.78, 5) is 10.6. The SMILES string of the molecule is C=C.CC(C)OC(=O)OC(C)C.